The molecule has 3 aromatic rings. The first-order chi connectivity index (χ1) is 14.6. The molecule has 8 heteroatoms. The summed E-state index contributed by atoms with van der Waals surface area (Å²) in [6, 6.07) is 11.2. The van der Waals surface area contributed by atoms with E-state index in [0.29, 0.717) is 36.6 Å². The minimum Gasteiger partial charge on any atom is -0.352 e. The second kappa shape index (κ2) is 8.52. The quantitative estimate of drug-likeness (QED) is 0.695. The van der Waals surface area contributed by atoms with Gasteiger partial charge in [-0.25, -0.2) is 14.8 Å². The Balaban J connectivity index is 1.42. The van der Waals surface area contributed by atoms with Gasteiger partial charge < -0.3 is 15.5 Å². The van der Waals surface area contributed by atoms with Gasteiger partial charge in [0.2, 0.25) is 0 Å². The number of carbonyl (C=O) groups excluding carboxylic acids is 1. The molecule has 0 bridgehead atoms. The van der Waals surface area contributed by atoms with Crippen LogP contribution in [0, 0.1) is 6.92 Å². The number of pyridine rings is 1. The van der Waals surface area contributed by atoms with E-state index in [0.717, 1.165) is 24.1 Å². The van der Waals surface area contributed by atoms with Gasteiger partial charge in [-0.15, -0.1) is 0 Å². The van der Waals surface area contributed by atoms with Gasteiger partial charge in [0.1, 0.15) is 5.52 Å². The smallest absolute Gasteiger partial charge is 0.319 e. The monoisotopic (exact) mass is 406 g/mol. The molecule has 1 saturated heterocycles. The zero-order chi connectivity index (χ0) is 21.1. The van der Waals surface area contributed by atoms with E-state index in [9.17, 15) is 9.59 Å². The molecule has 8 nitrogen and oxygen atoms in total. The van der Waals surface area contributed by atoms with Crippen molar-refractivity contribution in [3.8, 4) is 0 Å². The number of rotatable bonds is 4. The van der Waals surface area contributed by atoms with Gasteiger partial charge in [0.25, 0.3) is 5.56 Å². The molecule has 0 unspecified atom stereocenters. The molecule has 0 spiro atoms. The first-order valence-electron chi connectivity index (χ1n) is 10.3. The van der Waals surface area contributed by atoms with Crippen LogP contribution in [0.3, 0.4) is 0 Å². The number of hydrogen-bond donors (Lipinski definition) is 2. The minimum absolute atomic E-state index is 0.0563. The Kier molecular flexibility index (Phi) is 5.65. The van der Waals surface area contributed by atoms with E-state index in [1.54, 1.807) is 10.8 Å². The van der Waals surface area contributed by atoms with Crippen molar-refractivity contribution in [3.05, 3.63) is 58.5 Å². The van der Waals surface area contributed by atoms with Gasteiger partial charge in [-0.05, 0) is 50.5 Å². The van der Waals surface area contributed by atoms with Crippen LogP contribution in [-0.4, -0.2) is 39.7 Å². The molecule has 3 heterocycles. The van der Waals surface area contributed by atoms with Crippen LogP contribution >= 0.6 is 0 Å². The third kappa shape index (κ3) is 3.98. The van der Waals surface area contributed by atoms with Crippen molar-refractivity contribution in [1.29, 1.82) is 0 Å². The maximum Gasteiger partial charge on any atom is 0.319 e. The number of urea groups is 1. The lowest BCUT2D eigenvalue weighted by molar-refractivity contribution is 0.246. The van der Waals surface area contributed by atoms with Crippen molar-refractivity contribution in [2.45, 2.75) is 39.3 Å². The summed E-state index contributed by atoms with van der Waals surface area (Å²) in [7, 11) is 0. The molecule has 1 fully saturated rings. The molecule has 1 aliphatic rings. The lowest BCUT2D eigenvalue weighted by Crippen LogP contribution is -2.47. The van der Waals surface area contributed by atoms with Gasteiger partial charge in [0.15, 0.2) is 11.5 Å². The molecule has 4 rings (SSSR count). The number of hydrogen-bond acceptors (Lipinski definition) is 5. The normalized spacial score (nSPS) is 14.7. The molecular weight excluding hydrogens is 380 g/mol. The van der Waals surface area contributed by atoms with Gasteiger partial charge in [0.05, 0.1) is 0 Å². The van der Waals surface area contributed by atoms with E-state index < -0.39 is 0 Å². The number of amides is 2. The zero-order valence-electron chi connectivity index (χ0n) is 17.3. The Morgan fingerprint density at radius 3 is 2.67 bits per heavy atom. The number of piperidine rings is 1. The number of aryl methyl sites for hydroxylation is 2. The first kappa shape index (κ1) is 19.9. The summed E-state index contributed by atoms with van der Waals surface area (Å²) in [6.07, 6.45) is 3.17. The van der Waals surface area contributed by atoms with Crippen LogP contribution in [0.1, 0.15) is 25.3 Å². The summed E-state index contributed by atoms with van der Waals surface area (Å²) in [6.45, 7) is 5.75. The molecule has 0 aliphatic carbocycles. The van der Waals surface area contributed by atoms with Gasteiger partial charge in [0, 0.05) is 37.6 Å². The molecule has 156 valence electrons. The standard InChI is InChI=1S/C22H26N6O2/c1-3-28-19-18(9-6-12-23-19)25-20(21(28)29)27-13-10-16(11-14-27)24-22(30)26-17-8-5-4-7-15(17)2/h4-9,12,16H,3,10-11,13-14H2,1-2H3,(H2,24,26,30). The van der Waals surface area contributed by atoms with Crippen LogP contribution in [0.4, 0.5) is 16.3 Å². The van der Waals surface area contributed by atoms with Crippen molar-refractivity contribution in [2.24, 2.45) is 0 Å². The van der Waals surface area contributed by atoms with Gasteiger partial charge in [-0.2, -0.15) is 0 Å². The SMILES string of the molecule is CCn1c(=O)c(N2CCC(NC(=O)Nc3ccccc3C)CC2)nc2cccnc21. The van der Waals surface area contributed by atoms with E-state index in [4.69, 9.17) is 0 Å². The third-order valence-electron chi connectivity index (χ3n) is 5.52. The Bertz CT molecular complexity index is 1120. The predicted molar refractivity (Wildman–Crippen MR) is 118 cm³/mol. The van der Waals surface area contributed by atoms with Crippen molar-refractivity contribution >= 4 is 28.7 Å². The molecule has 0 atom stereocenters. The van der Waals surface area contributed by atoms with E-state index in [-0.39, 0.29) is 17.6 Å². The first-order valence-corrected chi connectivity index (χ1v) is 10.3. The maximum absolute atomic E-state index is 12.9. The van der Waals surface area contributed by atoms with E-state index in [1.165, 1.54) is 0 Å². The lowest BCUT2D eigenvalue weighted by Gasteiger charge is -2.33. The lowest BCUT2D eigenvalue weighted by atomic mass is 10.1. The number of benzene rings is 1. The van der Waals surface area contributed by atoms with Crippen LogP contribution in [0.5, 0.6) is 0 Å². The number of aromatic nitrogens is 3. The number of para-hydroxylation sites is 1. The molecular formula is C22H26N6O2. The van der Waals surface area contributed by atoms with Crippen LogP contribution in [-0.2, 0) is 6.54 Å². The number of fused-ring (bicyclic) bond motifs is 1. The highest BCUT2D eigenvalue weighted by Gasteiger charge is 2.24. The van der Waals surface area contributed by atoms with Gasteiger partial charge in [-0.3, -0.25) is 9.36 Å². The zero-order valence-corrected chi connectivity index (χ0v) is 17.3. The van der Waals surface area contributed by atoms with Crippen LogP contribution < -0.4 is 21.1 Å². The number of nitrogens with one attached hydrogen (secondary N) is 2. The minimum atomic E-state index is -0.203. The average Bonchev–Trinajstić information content (AvgIpc) is 2.75. The van der Waals surface area contributed by atoms with Crippen LogP contribution in [0.2, 0.25) is 0 Å². The number of carbonyl (C=O) groups is 1. The van der Waals surface area contributed by atoms with Crippen molar-refractivity contribution in [3.63, 3.8) is 0 Å². The van der Waals surface area contributed by atoms with Crippen molar-refractivity contribution in [1.82, 2.24) is 19.9 Å². The Labute approximate surface area is 175 Å². The molecule has 0 saturated carbocycles. The Morgan fingerprint density at radius 2 is 1.93 bits per heavy atom. The number of nitrogens with zero attached hydrogens (tertiary/aromatic N) is 4. The van der Waals surface area contributed by atoms with Crippen molar-refractivity contribution in [2.75, 3.05) is 23.3 Å². The molecule has 30 heavy (non-hydrogen) atoms. The van der Waals surface area contributed by atoms with Crippen LogP contribution in [0.25, 0.3) is 11.2 Å². The summed E-state index contributed by atoms with van der Waals surface area (Å²) < 4.78 is 1.66. The summed E-state index contributed by atoms with van der Waals surface area (Å²) in [5, 5.41) is 5.95. The third-order valence-corrected chi connectivity index (χ3v) is 5.52. The van der Waals surface area contributed by atoms with E-state index >= 15 is 0 Å². The van der Waals surface area contributed by atoms with E-state index in [2.05, 4.69) is 20.6 Å². The summed E-state index contributed by atoms with van der Waals surface area (Å²) in [5.74, 6) is 0.458. The maximum atomic E-state index is 12.9. The summed E-state index contributed by atoms with van der Waals surface area (Å²) >= 11 is 0. The summed E-state index contributed by atoms with van der Waals surface area (Å²) in [5.41, 5.74) is 3.03. The second-order valence-corrected chi connectivity index (χ2v) is 7.51. The van der Waals surface area contributed by atoms with Gasteiger partial charge in [-0.1, -0.05) is 18.2 Å². The predicted octanol–water partition coefficient (Wildman–Crippen LogP) is 2.91. The molecule has 1 aromatic carbocycles. The molecule has 2 aromatic heterocycles. The topological polar surface area (TPSA) is 92.2 Å². The fourth-order valence-electron chi connectivity index (χ4n) is 3.85. The van der Waals surface area contributed by atoms with Crippen LogP contribution in [0.15, 0.2) is 47.4 Å². The highest BCUT2D eigenvalue weighted by molar-refractivity contribution is 5.90. The molecule has 2 amide bonds. The van der Waals surface area contributed by atoms with Gasteiger partial charge >= 0.3 is 6.03 Å². The molecule has 2 N–H and O–H groups in total. The number of anilines is 2. The summed E-state index contributed by atoms with van der Waals surface area (Å²) in [4.78, 5) is 36.2. The molecule has 0 radical (unpaired) electrons. The van der Waals surface area contributed by atoms with E-state index in [1.807, 2.05) is 55.1 Å². The average molecular weight is 406 g/mol. The second-order valence-electron chi connectivity index (χ2n) is 7.51. The highest BCUT2D eigenvalue weighted by Crippen LogP contribution is 2.18. The highest BCUT2D eigenvalue weighted by atomic mass is 16.2. The largest absolute Gasteiger partial charge is 0.352 e. The fraction of sp³-hybridized carbons (Fsp3) is 0.364. The Hall–Kier alpha value is -3.42. The van der Waals surface area contributed by atoms with Crippen molar-refractivity contribution < 1.29 is 4.79 Å². The Morgan fingerprint density at radius 1 is 1.17 bits per heavy atom. The fourth-order valence-corrected chi connectivity index (χ4v) is 3.85. The molecule has 1 aliphatic heterocycles.